The molecule has 44 heavy (non-hydrogen) atoms. The summed E-state index contributed by atoms with van der Waals surface area (Å²) in [7, 11) is 2.97. The fourth-order valence-electron chi connectivity index (χ4n) is 5.42. The fraction of sp³-hybridized carbons (Fsp3) is 0.312. The lowest BCUT2D eigenvalue weighted by atomic mass is 9.92. The monoisotopic (exact) mass is 639 g/mol. The van der Waals surface area contributed by atoms with E-state index in [0.29, 0.717) is 34.8 Å². The smallest absolute Gasteiger partial charge is 0.279 e. The van der Waals surface area contributed by atoms with Crippen molar-refractivity contribution in [2.75, 3.05) is 12.4 Å². The summed E-state index contributed by atoms with van der Waals surface area (Å²) in [5.74, 6) is -0.999. The molecular formula is C32H32Cl2FN5O4. The maximum absolute atomic E-state index is 14.9. The molecule has 3 N–H and O–H groups in total. The summed E-state index contributed by atoms with van der Waals surface area (Å²) in [6, 6.07) is 11.2. The number of methoxy groups -OCH3 is 1. The zero-order valence-corrected chi connectivity index (χ0v) is 26.0. The average Bonchev–Trinajstić information content (AvgIpc) is 3.00. The Morgan fingerprint density at radius 2 is 1.86 bits per heavy atom. The standard InChI is InChI=1S/C32H32Cl2FN5O4/c1-17-15-37-40(2)32(43)27(17)30(42)38-25-14-19(35)13-22(29(25)34)20-7-6-8-21(28(20)33)23-12-11-18(31(39-23)44-3)16-36-24-9-4-5-10-26(24)41/h6-8,11-15,24,26,36,41H,4-5,9-10,16H2,1-3H3,(H,38,42)/t24-,26+/m1/s1. The highest BCUT2D eigenvalue weighted by Gasteiger charge is 2.24. The van der Waals surface area contributed by atoms with E-state index < -0.39 is 17.3 Å². The largest absolute Gasteiger partial charge is 0.481 e. The van der Waals surface area contributed by atoms with Crippen LogP contribution in [-0.4, -0.2) is 45.0 Å². The van der Waals surface area contributed by atoms with E-state index in [1.54, 1.807) is 25.1 Å². The lowest BCUT2D eigenvalue weighted by Crippen LogP contribution is -2.41. The third-order valence-corrected chi connectivity index (χ3v) is 8.64. The molecule has 230 valence electrons. The Balaban J connectivity index is 1.45. The average molecular weight is 641 g/mol. The molecule has 2 heterocycles. The number of benzene rings is 2. The van der Waals surface area contributed by atoms with E-state index in [2.05, 4.69) is 20.7 Å². The summed E-state index contributed by atoms with van der Waals surface area (Å²) in [6.07, 6.45) is 4.82. The van der Waals surface area contributed by atoms with E-state index >= 15 is 0 Å². The number of carbonyl (C=O) groups excluding carboxylic acids is 1. The van der Waals surface area contributed by atoms with Crippen molar-refractivity contribution in [2.24, 2.45) is 7.05 Å². The van der Waals surface area contributed by atoms with Crippen LogP contribution in [-0.2, 0) is 13.6 Å². The fourth-order valence-corrected chi connectivity index (χ4v) is 6.00. The molecule has 1 fully saturated rings. The Kier molecular flexibility index (Phi) is 9.65. The van der Waals surface area contributed by atoms with E-state index in [1.807, 2.05) is 12.1 Å². The van der Waals surface area contributed by atoms with Gasteiger partial charge in [-0.2, -0.15) is 5.10 Å². The highest BCUT2D eigenvalue weighted by Crippen LogP contribution is 2.42. The van der Waals surface area contributed by atoms with Gasteiger partial charge >= 0.3 is 0 Å². The Morgan fingerprint density at radius 3 is 2.61 bits per heavy atom. The van der Waals surface area contributed by atoms with Gasteiger partial charge in [-0.3, -0.25) is 9.59 Å². The van der Waals surface area contributed by atoms with Crippen molar-refractivity contribution in [3.63, 3.8) is 0 Å². The van der Waals surface area contributed by atoms with Crippen LogP contribution < -0.4 is 20.9 Å². The van der Waals surface area contributed by atoms with Crippen LogP contribution in [0.25, 0.3) is 22.4 Å². The van der Waals surface area contributed by atoms with Gasteiger partial charge < -0.3 is 20.5 Å². The molecule has 0 aliphatic heterocycles. The van der Waals surface area contributed by atoms with Gasteiger partial charge in [-0.1, -0.05) is 60.3 Å². The summed E-state index contributed by atoms with van der Waals surface area (Å²) in [5.41, 5.74) is 2.20. The predicted molar refractivity (Wildman–Crippen MR) is 169 cm³/mol. The number of carbonyl (C=O) groups is 1. The van der Waals surface area contributed by atoms with E-state index in [0.717, 1.165) is 42.0 Å². The van der Waals surface area contributed by atoms with Crippen molar-refractivity contribution in [3.05, 3.63) is 91.6 Å². The van der Waals surface area contributed by atoms with Gasteiger partial charge in [0.1, 0.15) is 11.4 Å². The molecule has 2 aromatic carbocycles. The highest BCUT2D eigenvalue weighted by atomic mass is 35.5. The van der Waals surface area contributed by atoms with Crippen molar-refractivity contribution >= 4 is 34.8 Å². The molecule has 0 saturated heterocycles. The number of aliphatic hydroxyl groups is 1. The van der Waals surface area contributed by atoms with E-state index in [9.17, 15) is 19.1 Å². The molecule has 1 saturated carbocycles. The zero-order chi connectivity index (χ0) is 31.5. The number of hydrogen-bond donors (Lipinski definition) is 3. The first-order chi connectivity index (χ1) is 21.1. The van der Waals surface area contributed by atoms with E-state index in [4.69, 9.17) is 27.9 Å². The number of rotatable bonds is 8. The lowest BCUT2D eigenvalue weighted by Gasteiger charge is -2.28. The summed E-state index contributed by atoms with van der Waals surface area (Å²) in [4.78, 5) is 30.3. The van der Waals surface area contributed by atoms with Crippen LogP contribution in [0.3, 0.4) is 0 Å². The van der Waals surface area contributed by atoms with Crippen molar-refractivity contribution in [1.82, 2.24) is 20.1 Å². The number of halogens is 3. The second-order valence-electron chi connectivity index (χ2n) is 10.8. The van der Waals surface area contributed by atoms with Gasteiger partial charge in [-0.25, -0.2) is 14.1 Å². The normalized spacial score (nSPS) is 16.5. The maximum atomic E-state index is 14.9. The molecular weight excluding hydrogens is 608 g/mol. The molecule has 4 aromatic rings. The van der Waals surface area contributed by atoms with Crippen molar-refractivity contribution in [3.8, 4) is 28.3 Å². The number of anilines is 1. The molecule has 2 aromatic heterocycles. The number of aliphatic hydroxyl groups excluding tert-OH is 1. The SMILES string of the molecule is COc1nc(-c2cccc(-c3cc(F)cc(NC(=O)c4c(C)cnn(C)c4=O)c3Cl)c2Cl)ccc1CN[C@@H]1CCCC[C@@H]1O. The lowest BCUT2D eigenvalue weighted by molar-refractivity contribution is 0.0901. The molecule has 0 spiro atoms. The number of amides is 1. The van der Waals surface area contributed by atoms with E-state index in [-0.39, 0.29) is 39.0 Å². The third-order valence-electron chi connectivity index (χ3n) is 7.82. The van der Waals surface area contributed by atoms with Crippen LogP contribution in [0.5, 0.6) is 5.88 Å². The number of ether oxygens (including phenoxy) is 1. The third kappa shape index (κ3) is 6.49. The summed E-state index contributed by atoms with van der Waals surface area (Å²) < 4.78 is 21.5. The zero-order valence-electron chi connectivity index (χ0n) is 24.5. The van der Waals surface area contributed by atoms with Crippen LogP contribution in [0.1, 0.15) is 47.2 Å². The van der Waals surface area contributed by atoms with Gasteiger partial charge in [0.2, 0.25) is 5.88 Å². The van der Waals surface area contributed by atoms with Crippen LogP contribution in [0.15, 0.2) is 53.5 Å². The summed E-state index contributed by atoms with van der Waals surface area (Å²) in [6.45, 7) is 2.06. The van der Waals surface area contributed by atoms with Crippen LogP contribution in [0.4, 0.5) is 10.1 Å². The highest BCUT2D eigenvalue weighted by molar-refractivity contribution is 6.39. The molecule has 0 bridgehead atoms. The van der Waals surface area contributed by atoms with Gasteiger partial charge in [-0.15, -0.1) is 0 Å². The minimum absolute atomic E-state index is 0.0176. The molecule has 1 amide bonds. The number of nitrogens with zero attached hydrogens (tertiary/aromatic N) is 3. The predicted octanol–water partition coefficient (Wildman–Crippen LogP) is 5.92. The van der Waals surface area contributed by atoms with Crippen molar-refractivity contribution < 1.29 is 19.0 Å². The Labute approximate surface area is 264 Å². The number of aryl methyl sites for hydroxylation is 2. The van der Waals surface area contributed by atoms with Gasteiger partial charge in [0.15, 0.2) is 0 Å². The topological polar surface area (TPSA) is 118 Å². The van der Waals surface area contributed by atoms with Gasteiger partial charge in [0, 0.05) is 41.9 Å². The van der Waals surface area contributed by atoms with Gasteiger partial charge in [0.05, 0.1) is 40.8 Å². The first kappa shape index (κ1) is 31.6. The van der Waals surface area contributed by atoms with Crippen molar-refractivity contribution in [2.45, 2.75) is 51.3 Å². The first-order valence-corrected chi connectivity index (χ1v) is 14.9. The molecule has 12 heteroatoms. The van der Waals surface area contributed by atoms with Crippen LogP contribution >= 0.6 is 23.2 Å². The van der Waals surface area contributed by atoms with Crippen LogP contribution in [0, 0.1) is 12.7 Å². The number of hydrogen-bond acceptors (Lipinski definition) is 7. The molecule has 5 rings (SSSR count). The second-order valence-corrected chi connectivity index (χ2v) is 11.5. The first-order valence-electron chi connectivity index (χ1n) is 14.2. The molecule has 9 nitrogen and oxygen atoms in total. The molecule has 1 aliphatic rings. The molecule has 0 unspecified atom stereocenters. The quantitative estimate of drug-likeness (QED) is 0.219. The maximum Gasteiger partial charge on any atom is 0.279 e. The Bertz CT molecular complexity index is 1780. The number of pyridine rings is 1. The second kappa shape index (κ2) is 13.4. The van der Waals surface area contributed by atoms with E-state index in [1.165, 1.54) is 26.4 Å². The van der Waals surface area contributed by atoms with Gasteiger partial charge in [-0.05, 0) is 43.5 Å². The molecule has 2 atom stereocenters. The minimum atomic E-state index is -0.743. The van der Waals surface area contributed by atoms with Crippen molar-refractivity contribution in [1.29, 1.82) is 0 Å². The number of nitrogens with one attached hydrogen (secondary N) is 2. The van der Waals surface area contributed by atoms with Crippen LogP contribution in [0.2, 0.25) is 10.0 Å². The summed E-state index contributed by atoms with van der Waals surface area (Å²) >= 11 is 13.6. The Hall–Kier alpha value is -3.83. The number of aromatic nitrogens is 3. The Morgan fingerprint density at radius 1 is 1.11 bits per heavy atom. The molecule has 1 aliphatic carbocycles. The minimum Gasteiger partial charge on any atom is -0.481 e. The summed E-state index contributed by atoms with van der Waals surface area (Å²) in [5, 5.41) is 20.5. The van der Waals surface area contributed by atoms with Gasteiger partial charge in [0.25, 0.3) is 11.5 Å². The molecule has 0 radical (unpaired) electrons.